The Morgan fingerprint density at radius 2 is 1.01 bits per heavy atom. The molecule has 512 valence electrons. The second-order valence-electron chi connectivity index (χ2n) is 25.8. The molecular weight excluding hydrogens is 1280 g/mol. The molecule has 0 radical (unpaired) electrons. The van der Waals surface area contributed by atoms with Gasteiger partial charge in [0.2, 0.25) is 0 Å². The van der Waals surface area contributed by atoms with Gasteiger partial charge in [-0.3, -0.25) is 18.8 Å². The van der Waals surface area contributed by atoms with Crippen LogP contribution in [0, 0.1) is 69.0 Å². The van der Waals surface area contributed by atoms with Crippen LogP contribution in [-0.2, 0) is 0 Å². The van der Waals surface area contributed by atoms with Crippen LogP contribution in [0.25, 0.3) is 89.2 Å². The van der Waals surface area contributed by atoms with E-state index in [2.05, 4.69) is 104 Å². The molecule has 4 aliphatic rings. The summed E-state index contributed by atoms with van der Waals surface area (Å²) in [4.78, 5) is 68.6. The second kappa shape index (κ2) is 29.7. The van der Waals surface area contributed by atoms with E-state index in [0.29, 0.717) is 77.1 Å². The zero-order chi connectivity index (χ0) is 69.6. The minimum absolute atomic E-state index is 0.00933. The quantitative estimate of drug-likeness (QED) is 0.0462. The van der Waals surface area contributed by atoms with Gasteiger partial charge in [-0.15, -0.1) is 0 Å². The van der Waals surface area contributed by atoms with E-state index in [1.807, 2.05) is 43.0 Å². The Labute approximate surface area is 568 Å². The summed E-state index contributed by atoms with van der Waals surface area (Å²) in [6.07, 6.45) is 28.7. The van der Waals surface area contributed by atoms with Gasteiger partial charge in [-0.05, 0) is 87.8 Å². The number of aromatic amines is 6. The van der Waals surface area contributed by atoms with E-state index in [1.54, 1.807) is 57.3 Å². The van der Waals surface area contributed by atoms with E-state index < -0.39 is 30.1 Å². The van der Waals surface area contributed by atoms with Crippen LogP contribution in [-0.4, -0.2) is 160 Å². The lowest BCUT2D eigenvalue weighted by Crippen LogP contribution is -2.28. The molecule has 0 bridgehead atoms. The van der Waals surface area contributed by atoms with Crippen LogP contribution in [0.4, 0.5) is 0 Å². The zero-order valence-corrected chi connectivity index (χ0v) is 54.0. The van der Waals surface area contributed by atoms with E-state index in [4.69, 9.17) is 0 Å². The highest BCUT2D eigenvalue weighted by atomic mass is 16.3. The van der Waals surface area contributed by atoms with Crippen molar-refractivity contribution in [3.8, 4) is 75.2 Å². The van der Waals surface area contributed by atoms with Crippen molar-refractivity contribution in [2.24, 2.45) is 23.7 Å². The highest BCUT2D eigenvalue weighted by molar-refractivity contribution is 5.93. The Morgan fingerprint density at radius 1 is 0.510 bits per heavy atom. The van der Waals surface area contributed by atoms with Crippen LogP contribution in [0.15, 0.2) is 115 Å². The van der Waals surface area contributed by atoms with Crippen LogP contribution in [0.3, 0.4) is 0 Å². The third kappa shape index (κ3) is 13.9. The molecule has 0 aromatic carbocycles. The summed E-state index contributed by atoms with van der Waals surface area (Å²) >= 11 is 0. The molecule has 12 heterocycles. The number of H-pyrrole nitrogens is 6. The predicted octanol–water partition coefficient (Wildman–Crippen LogP) is 7.01. The zero-order valence-electron chi connectivity index (χ0n) is 54.0. The van der Waals surface area contributed by atoms with Gasteiger partial charge in [0.05, 0.1) is 152 Å². The summed E-state index contributed by atoms with van der Waals surface area (Å²) in [6.45, 7) is 0. The molecule has 4 fully saturated rings. The minimum atomic E-state index is -0.734. The molecule has 0 saturated heterocycles. The number of hydrogen-bond acceptors (Lipinski definition) is 22. The Bertz CT molecular complexity index is 5110. The van der Waals surface area contributed by atoms with Gasteiger partial charge in [-0.2, -0.15) is 41.3 Å². The van der Waals surface area contributed by atoms with E-state index in [0.717, 1.165) is 89.1 Å². The van der Waals surface area contributed by atoms with Crippen LogP contribution < -0.4 is 11.2 Å². The summed E-state index contributed by atoms with van der Waals surface area (Å²) < 4.78 is 6.78. The fourth-order valence-electron chi connectivity index (χ4n) is 15.0. The van der Waals surface area contributed by atoms with Gasteiger partial charge in [-0.1, -0.05) is 12.8 Å². The first-order valence-electron chi connectivity index (χ1n) is 33.2. The van der Waals surface area contributed by atoms with Crippen molar-refractivity contribution >= 4 is 44.1 Å². The number of aromatic nitrogens is 20. The van der Waals surface area contributed by atoms with Gasteiger partial charge < -0.3 is 60.7 Å². The normalized spacial score (nSPS) is 22.2. The van der Waals surface area contributed by atoms with E-state index >= 15 is 0 Å². The summed E-state index contributed by atoms with van der Waals surface area (Å²) in [7, 11) is 0. The first-order chi connectivity index (χ1) is 48.7. The molecule has 12 aromatic rings. The SMILES string of the molecule is N#CCC(C1CC(O)C(O)C1)n1cc(-c2ncnc3[nH]ccc23)cn1.N#CCC(C1CCC(O)C1)n1[nH]cc(-c2ncnc3[nH]ccc23)c1=O.N#CCC(C1CCCC1O)n1cc(-c2[nH]c(=O)nc3[nH]ccc23)cn1.N#CCC(C1CCCC1O)n1cc(-c2ncnc3[nH]c(O)cc23)cn1. The maximum Gasteiger partial charge on any atom is 0.347 e. The number of aromatic hydroxyl groups is 1. The van der Waals surface area contributed by atoms with Gasteiger partial charge in [0.25, 0.3) is 5.56 Å². The number of hydrogen-bond donors (Lipinski definition) is 12. The largest absolute Gasteiger partial charge is 0.495 e. The fourth-order valence-corrected chi connectivity index (χ4v) is 15.0. The van der Waals surface area contributed by atoms with Crippen molar-refractivity contribution in [3.05, 3.63) is 126 Å². The number of nitrogens with zero attached hydrogens (tertiary/aromatic N) is 18. The van der Waals surface area contributed by atoms with Crippen LogP contribution in [0.5, 0.6) is 5.88 Å². The molecule has 32 nitrogen and oxygen atoms in total. The van der Waals surface area contributed by atoms with Crippen molar-refractivity contribution in [2.45, 2.75) is 151 Å². The van der Waals surface area contributed by atoms with Gasteiger partial charge in [0.1, 0.15) is 41.6 Å². The standard InChI is InChI=1S/4C17H18N6O2/c18-3-1-13(10-5-14(24)15(25)6-10)23-8-11(7-22-23)16-12-2-4-19-17(12)21-9-20-16;18-5-3-14(10-1-2-11(24)7-10)23-17(25)13(8-22-23)15-12-4-6-19-16(12)21-9-20-15;18-6-4-13(11-2-1-3-14(11)24)23-9-10(8-20-23)15-12-5-7-19-16(12)22-17(25)21-15;18-5-4-13(11-2-1-3-14(11)24)23-8-10(7-21-23)16-12-6-15(25)22-17(12)20-9-19-16/h2,4,7-10,13-15,24-25H,1,5-6H2,(H,19,20,21);4,6,8-11,14,22,24H,1-3,7H2,(H,19,20,21);5,7-9,11,13-14,24H,1-4H2,(H2,19,21,22,25);6-9,11,13-14,24-25H,1-4H2,(H,19,20,22). The molecule has 32 heteroatoms. The molecule has 16 rings (SSSR count). The third-order valence-corrected chi connectivity index (χ3v) is 19.9. The molecule has 4 aliphatic carbocycles. The smallest absolute Gasteiger partial charge is 0.347 e. The summed E-state index contributed by atoms with van der Waals surface area (Å²) in [5.74, 6) is 0.206. The van der Waals surface area contributed by atoms with Crippen LogP contribution in [0.2, 0.25) is 0 Å². The maximum absolute atomic E-state index is 13.0. The molecule has 100 heavy (non-hydrogen) atoms. The average Bonchev–Trinajstić information content (AvgIpc) is 1.66. The molecule has 12 unspecified atom stereocenters. The minimum Gasteiger partial charge on any atom is -0.495 e. The Morgan fingerprint density at radius 3 is 1.57 bits per heavy atom. The van der Waals surface area contributed by atoms with Crippen molar-refractivity contribution < 1.29 is 30.6 Å². The van der Waals surface area contributed by atoms with Crippen molar-refractivity contribution in [1.82, 2.24) is 98.9 Å². The Kier molecular flexibility index (Phi) is 19.9. The number of aliphatic hydroxyl groups excluding tert-OH is 5. The molecule has 0 amide bonds. The highest BCUT2D eigenvalue weighted by Gasteiger charge is 2.39. The van der Waals surface area contributed by atoms with Gasteiger partial charge in [0, 0.05) is 99.5 Å². The predicted molar refractivity (Wildman–Crippen MR) is 360 cm³/mol. The first kappa shape index (κ1) is 67.1. The number of nitrogens with one attached hydrogen (secondary N) is 6. The number of rotatable bonds is 16. The number of fused-ring (bicyclic) bond motifs is 4. The molecule has 4 saturated carbocycles. The van der Waals surface area contributed by atoms with Crippen LogP contribution in [0.1, 0.15) is 120 Å². The molecule has 12 aromatic heterocycles. The highest BCUT2D eigenvalue weighted by Crippen LogP contribution is 2.41. The second-order valence-corrected chi connectivity index (χ2v) is 25.8. The monoisotopic (exact) mass is 1350 g/mol. The summed E-state index contributed by atoms with van der Waals surface area (Å²) in [5.41, 5.74) is 7.33. The lowest BCUT2D eigenvalue weighted by atomic mass is 9.94. The van der Waals surface area contributed by atoms with Crippen molar-refractivity contribution in [2.75, 3.05) is 0 Å². The molecule has 0 spiro atoms. The topological polar surface area (TPSA) is 494 Å². The maximum atomic E-state index is 13.0. The average molecular weight is 1350 g/mol. The van der Waals surface area contributed by atoms with Crippen molar-refractivity contribution in [1.29, 1.82) is 21.0 Å². The molecular formula is C68H72N24O8. The first-order valence-corrected chi connectivity index (χ1v) is 33.2. The summed E-state index contributed by atoms with van der Waals surface area (Å²) in [6, 6.07) is 15.2. The Hall–Kier alpha value is -11.5. The van der Waals surface area contributed by atoms with Gasteiger partial charge in [-0.25, -0.2) is 39.4 Å². The Balaban J connectivity index is 0.000000119. The molecule has 12 N–H and O–H groups in total. The fraction of sp³-hybridized carbons (Fsp3) is 0.412. The van der Waals surface area contributed by atoms with Crippen LogP contribution >= 0.6 is 0 Å². The summed E-state index contributed by atoms with van der Waals surface area (Å²) in [5, 5.41) is 116. The number of aliphatic hydroxyl groups is 5. The lowest BCUT2D eigenvalue weighted by Gasteiger charge is -2.24. The molecule has 12 atom stereocenters. The van der Waals surface area contributed by atoms with Crippen molar-refractivity contribution in [3.63, 3.8) is 0 Å². The number of nitriles is 4. The lowest BCUT2D eigenvalue weighted by molar-refractivity contribution is 0.0438. The molecule has 0 aliphatic heterocycles. The van der Waals surface area contributed by atoms with Gasteiger partial charge in [0.15, 0.2) is 5.88 Å². The van der Waals surface area contributed by atoms with E-state index in [-0.39, 0.29) is 84.6 Å². The third-order valence-electron chi connectivity index (χ3n) is 19.9. The van der Waals surface area contributed by atoms with E-state index in [1.165, 1.54) is 23.7 Å². The van der Waals surface area contributed by atoms with E-state index in [9.17, 15) is 61.3 Å². The van der Waals surface area contributed by atoms with Gasteiger partial charge >= 0.3 is 5.69 Å².